The van der Waals surface area contributed by atoms with Gasteiger partial charge in [0.1, 0.15) is 6.04 Å². The van der Waals surface area contributed by atoms with Crippen molar-refractivity contribution in [1.82, 2.24) is 10.2 Å². The average Bonchev–Trinajstić information content (AvgIpc) is 3.30. The van der Waals surface area contributed by atoms with Crippen LogP contribution >= 0.6 is 46.6 Å². The lowest BCUT2D eigenvalue weighted by molar-refractivity contribution is -0.141. The monoisotopic (exact) mass is 526 g/mol. The number of rotatable bonds is 10. The van der Waals surface area contributed by atoms with E-state index in [1.165, 1.54) is 0 Å². The number of benzene rings is 2. The number of hydrogen-bond acceptors (Lipinski definition) is 3. The first-order chi connectivity index (χ1) is 15.9. The molecule has 0 spiro atoms. The van der Waals surface area contributed by atoms with Crippen LogP contribution in [0.4, 0.5) is 0 Å². The molecule has 2 aromatic carbocycles. The summed E-state index contributed by atoms with van der Waals surface area (Å²) in [5, 5.41) is 4.74. The fourth-order valence-corrected chi connectivity index (χ4v) is 5.34. The van der Waals surface area contributed by atoms with Gasteiger partial charge in [-0.1, -0.05) is 60.6 Å². The Labute approximate surface area is 215 Å². The fraction of sp³-hybridized carbons (Fsp3) is 0.440. The predicted molar refractivity (Wildman–Crippen MR) is 138 cm³/mol. The van der Waals surface area contributed by atoms with Crippen molar-refractivity contribution in [2.45, 2.75) is 69.0 Å². The molecule has 2 amide bonds. The van der Waals surface area contributed by atoms with Crippen LogP contribution in [0.2, 0.25) is 15.1 Å². The summed E-state index contributed by atoms with van der Waals surface area (Å²) in [7, 11) is 0. The van der Waals surface area contributed by atoms with Crippen LogP contribution in [-0.2, 0) is 16.1 Å². The molecule has 0 radical (unpaired) electrons. The van der Waals surface area contributed by atoms with E-state index in [0.717, 1.165) is 36.1 Å². The first kappa shape index (κ1) is 26.2. The number of nitrogens with zero attached hydrogens (tertiary/aromatic N) is 1. The zero-order valence-corrected chi connectivity index (χ0v) is 21.7. The van der Waals surface area contributed by atoms with E-state index in [0.29, 0.717) is 40.2 Å². The number of thioether (sulfide) groups is 1. The first-order valence-electron chi connectivity index (χ1n) is 11.3. The lowest BCUT2D eigenvalue weighted by Crippen LogP contribution is -2.51. The summed E-state index contributed by atoms with van der Waals surface area (Å²) < 4.78 is 0. The third-order valence-corrected chi connectivity index (χ3v) is 7.83. The molecule has 4 nitrogen and oxygen atoms in total. The van der Waals surface area contributed by atoms with Crippen molar-refractivity contribution in [3.63, 3.8) is 0 Å². The van der Waals surface area contributed by atoms with Gasteiger partial charge in [0.2, 0.25) is 11.8 Å². The van der Waals surface area contributed by atoms with E-state index in [1.807, 2.05) is 37.3 Å². The van der Waals surface area contributed by atoms with Gasteiger partial charge in [-0.05, 0) is 61.2 Å². The Morgan fingerprint density at radius 1 is 1.06 bits per heavy atom. The SMILES string of the molecule is CC[C@@H](C(=O)NC1CCCC1)N(Cc1ccc(Cl)c(Cl)c1)C(=O)CCSc1ccc(Cl)cc1. The molecule has 1 N–H and O–H groups in total. The second-order valence-corrected chi connectivity index (χ2v) is 10.7. The molecule has 33 heavy (non-hydrogen) atoms. The highest BCUT2D eigenvalue weighted by Crippen LogP contribution is 2.26. The van der Waals surface area contributed by atoms with Crippen molar-refractivity contribution in [2.24, 2.45) is 0 Å². The van der Waals surface area contributed by atoms with Crippen LogP contribution in [0.5, 0.6) is 0 Å². The minimum atomic E-state index is -0.534. The van der Waals surface area contributed by atoms with Gasteiger partial charge in [0.15, 0.2) is 0 Å². The lowest BCUT2D eigenvalue weighted by Gasteiger charge is -2.31. The normalized spacial score (nSPS) is 14.8. The zero-order chi connectivity index (χ0) is 23.8. The summed E-state index contributed by atoms with van der Waals surface area (Å²) in [5.74, 6) is 0.470. The molecule has 1 aliphatic rings. The van der Waals surface area contributed by atoms with Crippen LogP contribution in [0, 0.1) is 0 Å². The molecule has 2 aromatic rings. The number of nitrogens with one attached hydrogen (secondary N) is 1. The maximum atomic E-state index is 13.3. The van der Waals surface area contributed by atoms with Crippen molar-refractivity contribution in [2.75, 3.05) is 5.75 Å². The fourth-order valence-electron chi connectivity index (χ4n) is 4.05. The highest BCUT2D eigenvalue weighted by Gasteiger charge is 2.30. The van der Waals surface area contributed by atoms with Crippen LogP contribution in [0.25, 0.3) is 0 Å². The predicted octanol–water partition coefficient (Wildman–Crippen LogP) is 7.00. The summed E-state index contributed by atoms with van der Waals surface area (Å²) in [6, 6.07) is 12.5. The molecule has 1 aliphatic carbocycles. The number of halogens is 3. The molecule has 178 valence electrons. The van der Waals surface area contributed by atoms with Crippen molar-refractivity contribution in [1.29, 1.82) is 0 Å². The van der Waals surface area contributed by atoms with E-state index in [2.05, 4.69) is 5.32 Å². The molecule has 0 bridgehead atoms. The van der Waals surface area contributed by atoms with Gasteiger partial charge in [0, 0.05) is 34.7 Å². The molecular formula is C25H29Cl3N2O2S. The third kappa shape index (κ3) is 7.81. The van der Waals surface area contributed by atoms with Crippen molar-refractivity contribution < 1.29 is 9.59 Å². The van der Waals surface area contributed by atoms with E-state index >= 15 is 0 Å². The van der Waals surface area contributed by atoms with Gasteiger partial charge in [-0.2, -0.15) is 0 Å². The number of amides is 2. The summed E-state index contributed by atoms with van der Waals surface area (Å²) in [6.45, 7) is 2.24. The van der Waals surface area contributed by atoms with Crippen LogP contribution in [0.3, 0.4) is 0 Å². The standard InChI is InChI=1S/C25H29Cl3N2O2S/c1-2-23(25(32)29-19-5-3-4-6-19)30(16-17-7-12-21(27)22(28)15-17)24(31)13-14-33-20-10-8-18(26)9-11-20/h7-12,15,19,23H,2-6,13-14,16H2,1H3,(H,29,32)/t23-/m0/s1. The first-order valence-corrected chi connectivity index (χ1v) is 13.4. The molecule has 3 rings (SSSR count). The molecular weight excluding hydrogens is 499 g/mol. The highest BCUT2D eigenvalue weighted by molar-refractivity contribution is 7.99. The van der Waals surface area contributed by atoms with E-state index in [1.54, 1.807) is 28.8 Å². The Morgan fingerprint density at radius 2 is 1.76 bits per heavy atom. The largest absolute Gasteiger partial charge is 0.352 e. The Bertz CT molecular complexity index is 949. The molecule has 0 aliphatic heterocycles. The van der Waals surface area contributed by atoms with Gasteiger partial charge in [-0.25, -0.2) is 0 Å². The maximum absolute atomic E-state index is 13.3. The Balaban J connectivity index is 1.71. The van der Waals surface area contributed by atoms with E-state index in [-0.39, 0.29) is 17.9 Å². The van der Waals surface area contributed by atoms with E-state index < -0.39 is 6.04 Å². The molecule has 1 fully saturated rings. The van der Waals surface area contributed by atoms with Crippen molar-refractivity contribution in [3.05, 3.63) is 63.1 Å². The minimum Gasteiger partial charge on any atom is -0.352 e. The van der Waals surface area contributed by atoms with Gasteiger partial charge < -0.3 is 10.2 Å². The molecule has 0 heterocycles. The summed E-state index contributed by atoms with van der Waals surface area (Å²) in [4.78, 5) is 29.2. The Hall–Kier alpha value is -1.40. The van der Waals surface area contributed by atoms with E-state index in [9.17, 15) is 9.59 Å². The lowest BCUT2D eigenvalue weighted by atomic mass is 10.1. The molecule has 8 heteroatoms. The van der Waals surface area contributed by atoms with E-state index in [4.69, 9.17) is 34.8 Å². The molecule has 0 saturated heterocycles. The smallest absolute Gasteiger partial charge is 0.243 e. The Morgan fingerprint density at radius 3 is 2.39 bits per heavy atom. The number of hydrogen-bond donors (Lipinski definition) is 1. The van der Waals surface area contributed by atoms with Gasteiger partial charge >= 0.3 is 0 Å². The second-order valence-electron chi connectivity index (χ2n) is 8.24. The topological polar surface area (TPSA) is 49.4 Å². The summed E-state index contributed by atoms with van der Waals surface area (Å²) in [6.07, 6.45) is 5.13. The highest BCUT2D eigenvalue weighted by atomic mass is 35.5. The summed E-state index contributed by atoms with van der Waals surface area (Å²) in [5.41, 5.74) is 0.843. The maximum Gasteiger partial charge on any atom is 0.243 e. The Kier molecular flexibility index (Phi) is 10.2. The van der Waals surface area contributed by atoms with Crippen molar-refractivity contribution >= 4 is 58.4 Å². The molecule has 1 saturated carbocycles. The summed E-state index contributed by atoms with van der Waals surface area (Å²) >= 11 is 19.8. The zero-order valence-electron chi connectivity index (χ0n) is 18.7. The number of carbonyl (C=O) groups excluding carboxylic acids is 2. The van der Waals surface area contributed by atoms with Gasteiger partial charge in [0.25, 0.3) is 0 Å². The molecule has 0 unspecified atom stereocenters. The van der Waals surface area contributed by atoms with Gasteiger partial charge in [0.05, 0.1) is 10.0 Å². The average molecular weight is 528 g/mol. The molecule has 0 aromatic heterocycles. The minimum absolute atomic E-state index is 0.0593. The van der Waals surface area contributed by atoms with Crippen LogP contribution < -0.4 is 5.32 Å². The van der Waals surface area contributed by atoms with Gasteiger partial charge in [-0.15, -0.1) is 11.8 Å². The van der Waals surface area contributed by atoms with Crippen LogP contribution in [-0.4, -0.2) is 34.6 Å². The van der Waals surface area contributed by atoms with Crippen molar-refractivity contribution in [3.8, 4) is 0 Å². The number of carbonyl (C=O) groups is 2. The third-order valence-electron chi connectivity index (χ3n) is 5.82. The molecule has 1 atom stereocenters. The van der Waals surface area contributed by atoms with Crippen LogP contribution in [0.1, 0.15) is 51.0 Å². The van der Waals surface area contributed by atoms with Gasteiger partial charge in [-0.3, -0.25) is 9.59 Å². The quantitative estimate of drug-likeness (QED) is 0.339. The van der Waals surface area contributed by atoms with Crippen LogP contribution in [0.15, 0.2) is 47.4 Å². The second kappa shape index (κ2) is 12.9.